The van der Waals surface area contributed by atoms with Gasteiger partial charge in [0.25, 0.3) is 5.91 Å². The van der Waals surface area contributed by atoms with Crippen LogP contribution in [0.25, 0.3) is 5.65 Å². The zero-order chi connectivity index (χ0) is 21.4. The molecular weight excluding hydrogens is 397 g/mol. The van der Waals surface area contributed by atoms with Crippen LogP contribution in [-0.4, -0.2) is 40.6 Å². The van der Waals surface area contributed by atoms with Crippen molar-refractivity contribution in [2.75, 3.05) is 13.1 Å². The molecule has 0 saturated carbocycles. The van der Waals surface area contributed by atoms with Crippen LogP contribution < -0.4 is 15.4 Å². The van der Waals surface area contributed by atoms with Gasteiger partial charge in [-0.2, -0.15) is 0 Å². The number of fused-ring (bicyclic) bond motifs is 1. The number of aromatic nitrogens is 2. The summed E-state index contributed by atoms with van der Waals surface area (Å²) in [6, 6.07) is 4.66. The number of rotatable bonds is 5. The fourth-order valence-corrected chi connectivity index (χ4v) is 3.58. The van der Waals surface area contributed by atoms with Crippen LogP contribution >= 0.6 is 0 Å². The third-order valence-electron chi connectivity index (χ3n) is 5.10. The number of aryl methyl sites for hydroxylation is 2. The minimum absolute atomic E-state index is 0.193. The molecule has 0 spiro atoms. The normalized spacial score (nSPS) is 18.7. The maximum atomic E-state index is 13.9. The number of pyridine rings is 1. The van der Waals surface area contributed by atoms with Gasteiger partial charge < -0.3 is 15.4 Å². The van der Waals surface area contributed by atoms with E-state index in [4.69, 9.17) is 4.74 Å². The van der Waals surface area contributed by atoms with Gasteiger partial charge in [-0.3, -0.25) is 9.20 Å². The summed E-state index contributed by atoms with van der Waals surface area (Å²) < 4.78 is 49.0. The van der Waals surface area contributed by atoms with Gasteiger partial charge in [-0.25, -0.2) is 18.2 Å². The molecule has 1 amide bonds. The standard InChI is InChI=1S/C21H21F3N4O2/c1-11-6-18(30-10-13-14(22)4-3-5-15(13)23)20-26-12(2)19(28(20)9-11)21(29)27-17-8-25-7-16(17)24/h3-6,9,16-17,25H,7-8,10H2,1-2H3,(H,27,29). The molecule has 0 aliphatic carbocycles. The first-order valence-corrected chi connectivity index (χ1v) is 9.55. The number of ether oxygens (including phenoxy) is 1. The Labute approximate surface area is 171 Å². The van der Waals surface area contributed by atoms with E-state index in [1.54, 1.807) is 30.5 Å². The molecule has 1 aliphatic rings. The molecule has 2 N–H and O–H groups in total. The van der Waals surface area contributed by atoms with Crippen molar-refractivity contribution in [3.05, 3.63) is 64.6 Å². The maximum Gasteiger partial charge on any atom is 0.270 e. The number of hydrogen-bond acceptors (Lipinski definition) is 4. The zero-order valence-electron chi connectivity index (χ0n) is 16.5. The second-order valence-corrected chi connectivity index (χ2v) is 7.36. The van der Waals surface area contributed by atoms with E-state index in [9.17, 15) is 18.0 Å². The highest BCUT2D eigenvalue weighted by Crippen LogP contribution is 2.26. The van der Waals surface area contributed by atoms with E-state index in [0.717, 1.165) is 17.7 Å². The second kappa shape index (κ2) is 7.98. The molecule has 1 saturated heterocycles. The number of imidazole rings is 1. The average Bonchev–Trinajstić information content (AvgIpc) is 3.23. The van der Waals surface area contributed by atoms with Crippen molar-refractivity contribution in [1.29, 1.82) is 0 Å². The van der Waals surface area contributed by atoms with Crippen molar-refractivity contribution in [2.45, 2.75) is 32.7 Å². The smallest absolute Gasteiger partial charge is 0.270 e. The molecule has 4 rings (SSSR count). The molecular formula is C21H21F3N4O2. The summed E-state index contributed by atoms with van der Waals surface area (Å²) in [6.07, 6.45) is 0.547. The van der Waals surface area contributed by atoms with Crippen LogP contribution in [0.5, 0.6) is 5.75 Å². The molecule has 158 valence electrons. The third kappa shape index (κ3) is 3.72. The Morgan fingerprint density at radius 2 is 2.03 bits per heavy atom. The van der Waals surface area contributed by atoms with E-state index < -0.39 is 29.8 Å². The molecule has 2 unspecified atom stereocenters. The van der Waals surface area contributed by atoms with E-state index in [2.05, 4.69) is 15.6 Å². The highest BCUT2D eigenvalue weighted by atomic mass is 19.1. The van der Waals surface area contributed by atoms with Gasteiger partial charge in [-0.15, -0.1) is 0 Å². The zero-order valence-corrected chi connectivity index (χ0v) is 16.5. The lowest BCUT2D eigenvalue weighted by Gasteiger charge is -2.15. The number of benzene rings is 1. The van der Waals surface area contributed by atoms with Crippen molar-refractivity contribution in [2.24, 2.45) is 0 Å². The first-order chi connectivity index (χ1) is 14.3. The van der Waals surface area contributed by atoms with Gasteiger partial charge in [0.2, 0.25) is 0 Å². The van der Waals surface area contributed by atoms with Gasteiger partial charge in [0.1, 0.15) is 30.1 Å². The number of nitrogens with zero attached hydrogens (tertiary/aromatic N) is 2. The molecule has 2 aromatic heterocycles. The minimum Gasteiger partial charge on any atom is -0.485 e. The molecule has 1 fully saturated rings. The van der Waals surface area contributed by atoms with Crippen molar-refractivity contribution in [3.63, 3.8) is 0 Å². The molecule has 6 nitrogen and oxygen atoms in total. The van der Waals surface area contributed by atoms with Crippen LogP contribution in [0, 0.1) is 25.5 Å². The lowest BCUT2D eigenvalue weighted by molar-refractivity contribution is 0.0917. The highest BCUT2D eigenvalue weighted by Gasteiger charge is 2.30. The van der Waals surface area contributed by atoms with Crippen molar-refractivity contribution in [1.82, 2.24) is 20.0 Å². The second-order valence-electron chi connectivity index (χ2n) is 7.36. The number of amides is 1. The van der Waals surface area contributed by atoms with Crippen molar-refractivity contribution >= 4 is 11.6 Å². The predicted octanol–water partition coefficient (Wildman–Crippen LogP) is 2.85. The fraction of sp³-hybridized carbons (Fsp3) is 0.333. The Bertz CT molecular complexity index is 1100. The lowest BCUT2D eigenvalue weighted by atomic mass is 10.2. The van der Waals surface area contributed by atoms with E-state index in [-0.39, 0.29) is 30.2 Å². The molecule has 30 heavy (non-hydrogen) atoms. The molecule has 1 aliphatic heterocycles. The van der Waals surface area contributed by atoms with Gasteiger partial charge in [0, 0.05) is 19.3 Å². The molecule has 0 bridgehead atoms. The Hall–Kier alpha value is -3.07. The number of carbonyl (C=O) groups excluding carboxylic acids is 1. The van der Waals surface area contributed by atoms with Crippen molar-refractivity contribution in [3.8, 4) is 5.75 Å². The number of alkyl halides is 1. The number of carbonyl (C=O) groups is 1. The SMILES string of the molecule is Cc1cc(OCc2c(F)cccc2F)c2nc(C)c(C(=O)NC3CNCC3F)n2c1. The van der Waals surface area contributed by atoms with Gasteiger partial charge >= 0.3 is 0 Å². The Morgan fingerprint density at radius 1 is 1.30 bits per heavy atom. The average molecular weight is 418 g/mol. The molecule has 1 aromatic carbocycles. The van der Waals surface area contributed by atoms with Gasteiger partial charge in [-0.1, -0.05) is 6.07 Å². The first-order valence-electron chi connectivity index (χ1n) is 9.55. The Balaban J connectivity index is 1.66. The van der Waals surface area contributed by atoms with Crippen LogP contribution in [0.3, 0.4) is 0 Å². The molecule has 3 aromatic rings. The largest absolute Gasteiger partial charge is 0.485 e. The Morgan fingerprint density at radius 3 is 2.70 bits per heavy atom. The van der Waals surface area contributed by atoms with Crippen molar-refractivity contribution < 1.29 is 22.7 Å². The molecule has 3 heterocycles. The van der Waals surface area contributed by atoms with Gasteiger partial charge in [-0.05, 0) is 37.6 Å². The van der Waals surface area contributed by atoms with Crippen LogP contribution in [0.15, 0.2) is 30.5 Å². The van der Waals surface area contributed by atoms with Gasteiger partial charge in [0.15, 0.2) is 11.4 Å². The monoisotopic (exact) mass is 418 g/mol. The number of hydrogen-bond donors (Lipinski definition) is 2. The van der Waals surface area contributed by atoms with Crippen LogP contribution in [0.4, 0.5) is 13.2 Å². The van der Waals surface area contributed by atoms with Crippen LogP contribution in [0.1, 0.15) is 27.3 Å². The summed E-state index contributed by atoms with van der Waals surface area (Å²) in [5.41, 5.74) is 1.59. The van der Waals surface area contributed by atoms with E-state index >= 15 is 0 Å². The molecule has 9 heteroatoms. The first kappa shape index (κ1) is 20.2. The molecule has 2 atom stereocenters. The number of nitrogens with one attached hydrogen (secondary N) is 2. The predicted molar refractivity (Wildman–Crippen MR) is 104 cm³/mol. The van der Waals surface area contributed by atoms with E-state index in [1.807, 2.05) is 0 Å². The highest BCUT2D eigenvalue weighted by molar-refractivity contribution is 5.95. The van der Waals surface area contributed by atoms with E-state index in [1.165, 1.54) is 6.07 Å². The number of halogens is 3. The topological polar surface area (TPSA) is 67.7 Å². The quantitative estimate of drug-likeness (QED) is 0.669. The summed E-state index contributed by atoms with van der Waals surface area (Å²) in [5.74, 6) is -1.58. The van der Waals surface area contributed by atoms with Gasteiger partial charge in [0.05, 0.1) is 17.3 Å². The summed E-state index contributed by atoms with van der Waals surface area (Å²) in [4.78, 5) is 17.2. The molecule has 0 radical (unpaired) electrons. The Kier molecular flexibility index (Phi) is 5.38. The van der Waals surface area contributed by atoms with Crippen LogP contribution in [-0.2, 0) is 6.61 Å². The third-order valence-corrected chi connectivity index (χ3v) is 5.10. The summed E-state index contributed by atoms with van der Waals surface area (Å²) in [7, 11) is 0. The fourth-order valence-electron chi connectivity index (χ4n) is 3.58. The minimum atomic E-state index is -1.16. The summed E-state index contributed by atoms with van der Waals surface area (Å²) >= 11 is 0. The summed E-state index contributed by atoms with van der Waals surface area (Å²) in [6.45, 7) is 3.68. The van der Waals surface area contributed by atoms with E-state index in [0.29, 0.717) is 17.9 Å². The van der Waals surface area contributed by atoms with Crippen LogP contribution in [0.2, 0.25) is 0 Å². The lowest BCUT2D eigenvalue weighted by Crippen LogP contribution is -2.41. The maximum absolute atomic E-state index is 13.9. The summed E-state index contributed by atoms with van der Waals surface area (Å²) in [5, 5.41) is 5.59.